The van der Waals surface area contributed by atoms with E-state index in [1.807, 2.05) is 30.3 Å². The molecule has 0 saturated heterocycles. The van der Waals surface area contributed by atoms with Crippen molar-refractivity contribution in [2.24, 2.45) is 7.05 Å². The summed E-state index contributed by atoms with van der Waals surface area (Å²) >= 11 is 0. The Morgan fingerprint density at radius 1 is 1.05 bits per heavy atom. The highest BCUT2D eigenvalue weighted by Crippen LogP contribution is 2.34. The Balaban J connectivity index is 2.10. The van der Waals surface area contributed by atoms with E-state index in [2.05, 4.69) is 35.1 Å². The lowest BCUT2D eigenvalue weighted by molar-refractivity contribution is 0.0947. The molecular formula is C18H16N2O. The number of amides is 1. The predicted molar refractivity (Wildman–Crippen MR) is 84.4 cm³/mol. The van der Waals surface area contributed by atoms with E-state index in [4.69, 9.17) is 0 Å². The average molecular weight is 276 g/mol. The second-order valence-corrected chi connectivity index (χ2v) is 5.45. The maximum atomic E-state index is 12.2. The van der Waals surface area contributed by atoms with Crippen LogP contribution in [0.4, 0.5) is 0 Å². The molecule has 0 aliphatic carbocycles. The normalized spacial score (nSPS) is 14.0. The Hall–Kier alpha value is -2.55. The molecule has 1 aliphatic heterocycles. The van der Waals surface area contributed by atoms with E-state index in [1.54, 1.807) is 0 Å². The van der Waals surface area contributed by atoms with Crippen LogP contribution in [0.3, 0.4) is 0 Å². The van der Waals surface area contributed by atoms with Gasteiger partial charge >= 0.3 is 0 Å². The zero-order valence-corrected chi connectivity index (χ0v) is 11.9. The lowest BCUT2D eigenvalue weighted by Gasteiger charge is -2.14. The first-order chi connectivity index (χ1) is 10.3. The Kier molecular flexibility index (Phi) is 2.61. The lowest BCUT2D eigenvalue weighted by atomic mass is 10.0. The highest BCUT2D eigenvalue weighted by atomic mass is 16.1. The lowest BCUT2D eigenvalue weighted by Crippen LogP contribution is -2.32. The number of rotatable bonds is 1. The molecule has 0 fully saturated rings. The van der Waals surface area contributed by atoms with Gasteiger partial charge in [-0.2, -0.15) is 0 Å². The van der Waals surface area contributed by atoms with E-state index in [0.29, 0.717) is 0 Å². The third kappa shape index (κ3) is 1.70. The molecule has 1 aliphatic rings. The fourth-order valence-corrected chi connectivity index (χ4v) is 3.34. The van der Waals surface area contributed by atoms with Gasteiger partial charge in [-0.25, -0.2) is 0 Å². The number of carbonyl (C=O) groups excluding carboxylic acids is 1. The van der Waals surface area contributed by atoms with Crippen LogP contribution in [0.2, 0.25) is 0 Å². The summed E-state index contributed by atoms with van der Waals surface area (Å²) < 4.78 is 2.19. The molecule has 0 bridgehead atoms. The predicted octanol–water partition coefficient (Wildman–Crippen LogP) is 3.13. The van der Waals surface area contributed by atoms with Gasteiger partial charge in [-0.1, -0.05) is 48.5 Å². The molecule has 3 heteroatoms. The van der Waals surface area contributed by atoms with Crippen molar-refractivity contribution in [1.82, 2.24) is 9.88 Å². The van der Waals surface area contributed by atoms with Gasteiger partial charge < -0.3 is 9.88 Å². The molecule has 3 nitrogen and oxygen atoms in total. The van der Waals surface area contributed by atoms with Crippen LogP contribution in [0.25, 0.3) is 22.0 Å². The van der Waals surface area contributed by atoms with Gasteiger partial charge in [0.2, 0.25) is 0 Å². The van der Waals surface area contributed by atoms with E-state index >= 15 is 0 Å². The summed E-state index contributed by atoms with van der Waals surface area (Å²) in [5, 5.41) is 4.00. The second kappa shape index (κ2) is 4.48. The van der Waals surface area contributed by atoms with Gasteiger partial charge in [-0.3, -0.25) is 4.79 Å². The van der Waals surface area contributed by atoms with E-state index in [0.717, 1.165) is 35.1 Å². The summed E-state index contributed by atoms with van der Waals surface area (Å²) in [5.41, 5.74) is 5.48. The minimum atomic E-state index is 0.0482. The summed E-state index contributed by atoms with van der Waals surface area (Å²) in [7, 11) is 2.06. The number of hydrogen-bond acceptors (Lipinski definition) is 1. The maximum absolute atomic E-state index is 12.2. The van der Waals surface area contributed by atoms with Gasteiger partial charge in [0, 0.05) is 36.7 Å². The molecule has 1 N–H and O–H groups in total. The van der Waals surface area contributed by atoms with E-state index < -0.39 is 0 Å². The number of nitrogens with one attached hydrogen (secondary N) is 1. The molecule has 0 spiro atoms. The summed E-state index contributed by atoms with van der Waals surface area (Å²) in [6, 6.07) is 16.5. The van der Waals surface area contributed by atoms with Crippen LogP contribution in [0.1, 0.15) is 16.1 Å². The number of carbonyl (C=O) groups is 1. The van der Waals surface area contributed by atoms with Crippen LogP contribution in [-0.4, -0.2) is 17.0 Å². The fourth-order valence-electron chi connectivity index (χ4n) is 3.34. The van der Waals surface area contributed by atoms with Crippen molar-refractivity contribution >= 4 is 16.8 Å². The molecule has 4 rings (SSSR count). The SMILES string of the molecule is Cn1c2c(c3cccc(-c4ccccc4)c31)C(=O)NCC2. The molecule has 0 saturated carbocycles. The number of para-hydroxylation sites is 1. The summed E-state index contributed by atoms with van der Waals surface area (Å²) in [6.07, 6.45) is 0.889. The van der Waals surface area contributed by atoms with Crippen molar-refractivity contribution in [3.63, 3.8) is 0 Å². The number of aromatic nitrogens is 1. The van der Waals surface area contributed by atoms with Crippen molar-refractivity contribution in [2.45, 2.75) is 6.42 Å². The Labute approximate surface area is 123 Å². The Morgan fingerprint density at radius 2 is 1.86 bits per heavy atom. The van der Waals surface area contributed by atoms with Crippen LogP contribution in [0, 0.1) is 0 Å². The first kappa shape index (κ1) is 12.2. The molecule has 1 aromatic heterocycles. The van der Waals surface area contributed by atoms with Gasteiger partial charge in [-0.05, 0) is 5.56 Å². The molecule has 0 unspecified atom stereocenters. The quantitative estimate of drug-likeness (QED) is 0.728. The van der Waals surface area contributed by atoms with Crippen molar-refractivity contribution < 1.29 is 4.79 Å². The Morgan fingerprint density at radius 3 is 2.67 bits per heavy atom. The van der Waals surface area contributed by atoms with Gasteiger partial charge in [-0.15, -0.1) is 0 Å². The number of fused-ring (bicyclic) bond motifs is 3. The third-order valence-corrected chi connectivity index (χ3v) is 4.29. The van der Waals surface area contributed by atoms with Crippen molar-refractivity contribution in [3.8, 4) is 11.1 Å². The highest BCUT2D eigenvalue weighted by molar-refractivity contribution is 6.12. The summed E-state index contributed by atoms with van der Waals surface area (Å²) in [5.74, 6) is 0.0482. The second-order valence-electron chi connectivity index (χ2n) is 5.45. The number of benzene rings is 2. The van der Waals surface area contributed by atoms with E-state index in [-0.39, 0.29) is 5.91 Å². The van der Waals surface area contributed by atoms with Gasteiger partial charge in [0.15, 0.2) is 0 Å². The largest absolute Gasteiger partial charge is 0.352 e. The van der Waals surface area contributed by atoms with Crippen LogP contribution in [0.15, 0.2) is 48.5 Å². The van der Waals surface area contributed by atoms with Gasteiger partial charge in [0.05, 0.1) is 11.1 Å². The van der Waals surface area contributed by atoms with Crippen molar-refractivity contribution in [2.75, 3.05) is 6.54 Å². The third-order valence-electron chi connectivity index (χ3n) is 4.29. The maximum Gasteiger partial charge on any atom is 0.253 e. The number of nitrogens with zero attached hydrogens (tertiary/aromatic N) is 1. The van der Waals surface area contributed by atoms with Gasteiger partial charge in [0.25, 0.3) is 5.91 Å². The minimum Gasteiger partial charge on any atom is -0.352 e. The standard InChI is InChI=1S/C18H16N2O/c1-20-15-10-11-19-18(21)16(15)14-9-5-8-13(17(14)20)12-6-3-2-4-7-12/h2-9H,10-11H2,1H3,(H,19,21). The topological polar surface area (TPSA) is 34.0 Å². The number of aryl methyl sites for hydroxylation is 1. The molecule has 104 valence electrons. The Bertz CT molecular complexity index is 847. The van der Waals surface area contributed by atoms with E-state index in [1.165, 1.54) is 11.1 Å². The van der Waals surface area contributed by atoms with Crippen LogP contribution < -0.4 is 5.32 Å². The molecule has 1 amide bonds. The smallest absolute Gasteiger partial charge is 0.253 e. The monoisotopic (exact) mass is 276 g/mol. The van der Waals surface area contributed by atoms with Gasteiger partial charge in [0.1, 0.15) is 0 Å². The average Bonchev–Trinajstić information content (AvgIpc) is 2.83. The first-order valence-electron chi connectivity index (χ1n) is 7.21. The molecule has 0 radical (unpaired) electrons. The zero-order chi connectivity index (χ0) is 14.4. The zero-order valence-electron chi connectivity index (χ0n) is 11.9. The molecule has 3 aromatic rings. The minimum absolute atomic E-state index is 0.0482. The molecule has 0 atom stereocenters. The molecule has 2 aromatic carbocycles. The van der Waals surface area contributed by atoms with Crippen LogP contribution in [-0.2, 0) is 13.5 Å². The van der Waals surface area contributed by atoms with Crippen molar-refractivity contribution in [1.29, 1.82) is 0 Å². The van der Waals surface area contributed by atoms with Crippen LogP contribution in [0.5, 0.6) is 0 Å². The highest BCUT2D eigenvalue weighted by Gasteiger charge is 2.25. The van der Waals surface area contributed by atoms with Crippen molar-refractivity contribution in [3.05, 3.63) is 59.8 Å². The first-order valence-corrected chi connectivity index (χ1v) is 7.21. The number of hydrogen-bond donors (Lipinski definition) is 1. The fraction of sp³-hybridized carbons (Fsp3) is 0.167. The van der Waals surface area contributed by atoms with Crippen LogP contribution >= 0.6 is 0 Å². The van der Waals surface area contributed by atoms with E-state index in [9.17, 15) is 4.79 Å². The molecule has 2 heterocycles. The molecular weight excluding hydrogens is 260 g/mol. The summed E-state index contributed by atoms with van der Waals surface area (Å²) in [4.78, 5) is 12.2. The molecule has 21 heavy (non-hydrogen) atoms. The summed E-state index contributed by atoms with van der Waals surface area (Å²) in [6.45, 7) is 0.719.